The van der Waals surface area contributed by atoms with E-state index in [4.69, 9.17) is 21.1 Å². The molecule has 0 atom stereocenters. The Hall–Kier alpha value is -1.85. The van der Waals surface area contributed by atoms with Crippen LogP contribution in [0.3, 0.4) is 0 Å². The van der Waals surface area contributed by atoms with Crippen LogP contribution in [0.25, 0.3) is 0 Å². The largest absolute Gasteiger partial charge is 0.454 e. The van der Waals surface area contributed by atoms with Crippen LogP contribution in [0.1, 0.15) is 5.56 Å². The lowest BCUT2D eigenvalue weighted by atomic mass is 10.2. The number of ether oxygens (including phenoxy) is 2. The Balaban J connectivity index is 1.49. The molecule has 2 aromatic rings. The first kappa shape index (κ1) is 15.1. The van der Waals surface area contributed by atoms with Crippen LogP contribution in [-0.4, -0.2) is 18.5 Å². The van der Waals surface area contributed by atoms with Crippen molar-refractivity contribution in [1.29, 1.82) is 0 Å². The number of hydrogen-bond acceptors (Lipinski definition) is 4. The van der Waals surface area contributed by atoms with E-state index in [9.17, 15) is 4.79 Å². The Morgan fingerprint density at radius 3 is 2.86 bits per heavy atom. The first-order valence-corrected chi connectivity index (χ1v) is 8.11. The predicted octanol–water partition coefficient (Wildman–Crippen LogP) is 3.48. The third-order valence-corrected chi connectivity index (χ3v) is 4.64. The quantitative estimate of drug-likeness (QED) is 0.850. The molecular formula is C16H14ClNO3S. The van der Waals surface area contributed by atoms with Crippen LogP contribution in [-0.2, 0) is 11.3 Å². The zero-order valence-corrected chi connectivity index (χ0v) is 13.2. The van der Waals surface area contributed by atoms with Crippen LogP contribution in [0.5, 0.6) is 11.5 Å². The number of hydrogen-bond donors (Lipinski definition) is 1. The molecule has 1 aliphatic rings. The van der Waals surface area contributed by atoms with Gasteiger partial charge in [-0.05, 0) is 29.8 Å². The van der Waals surface area contributed by atoms with Gasteiger partial charge in [-0.3, -0.25) is 4.79 Å². The van der Waals surface area contributed by atoms with Gasteiger partial charge in [-0.15, -0.1) is 11.8 Å². The molecule has 0 aliphatic carbocycles. The first-order valence-electron chi connectivity index (χ1n) is 6.75. The van der Waals surface area contributed by atoms with E-state index in [1.54, 1.807) is 0 Å². The molecule has 0 radical (unpaired) electrons. The van der Waals surface area contributed by atoms with Gasteiger partial charge >= 0.3 is 0 Å². The monoisotopic (exact) mass is 335 g/mol. The molecule has 1 N–H and O–H groups in total. The topological polar surface area (TPSA) is 47.6 Å². The zero-order valence-electron chi connectivity index (χ0n) is 11.7. The van der Waals surface area contributed by atoms with Crippen molar-refractivity contribution in [2.45, 2.75) is 11.4 Å². The second-order valence-electron chi connectivity index (χ2n) is 4.68. The lowest BCUT2D eigenvalue weighted by Crippen LogP contribution is -2.24. The molecule has 4 nitrogen and oxygen atoms in total. The second kappa shape index (κ2) is 6.94. The fourth-order valence-electron chi connectivity index (χ4n) is 2.01. The Morgan fingerprint density at radius 1 is 1.18 bits per heavy atom. The van der Waals surface area contributed by atoms with E-state index in [0.29, 0.717) is 17.3 Å². The summed E-state index contributed by atoms with van der Waals surface area (Å²) in [5.74, 6) is 1.75. The smallest absolute Gasteiger partial charge is 0.231 e. The molecule has 0 fully saturated rings. The van der Waals surface area contributed by atoms with Gasteiger partial charge in [0.25, 0.3) is 0 Å². The highest BCUT2D eigenvalue weighted by molar-refractivity contribution is 8.00. The molecule has 114 valence electrons. The van der Waals surface area contributed by atoms with E-state index in [1.165, 1.54) is 11.8 Å². The van der Waals surface area contributed by atoms with Crippen LogP contribution < -0.4 is 14.8 Å². The van der Waals surface area contributed by atoms with Gasteiger partial charge in [0.1, 0.15) is 0 Å². The van der Waals surface area contributed by atoms with Crippen LogP contribution in [0.15, 0.2) is 47.4 Å². The summed E-state index contributed by atoms with van der Waals surface area (Å²) in [6, 6.07) is 13.1. The summed E-state index contributed by atoms with van der Waals surface area (Å²) in [5, 5.41) is 3.54. The van der Waals surface area contributed by atoms with E-state index >= 15 is 0 Å². The van der Waals surface area contributed by atoms with Gasteiger partial charge in [0, 0.05) is 11.4 Å². The maximum absolute atomic E-state index is 11.9. The molecule has 0 unspecified atom stereocenters. The lowest BCUT2D eigenvalue weighted by Gasteiger charge is -2.07. The van der Waals surface area contributed by atoms with E-state index in [0.717, 1.165) is 22.0 Å². The SMILES string of the molecule is O=C(CSc1ccccc1Cl)NCc1ccc2c(c1)OCO2. The Kier molecular flexibility index (Phi) is 4.75. The average molecular weight is 336 g/mol. The van der Waals surface area contributed by atoms with Crippen LogP contribution in [0.2, 0.25) is 5.02 Å². The van der Waals surface area contributed by atoms with Gasteiger partial charge in [-0.2, -0.15) is 0 Å². The van der Waals surface area contributed by atoms with Crippen LogP contribution in [0, 0.1) is 0 Å². The molecule has 0 bridgehead atoms. The number of benzene rings is 2. The minimum absolute atomic E-state index is 0.0393. The summed E-state index contributed by atoms with van der Waals surface area (Å²) >= 11 is 7.48. The molecule has 1 aliphatic heterocycles. The zero-order chi connectivity index (χ0) is 15.4. The number of nitrogens with one attached hydrogen (secondary N) is 1. The minimum Gasteiger partial charge on any atom is -0.454 e. The molecule has 2 aromatic carbocycles. The molecule has 1 heterocycles. The van der Waals surface area contributed by atoms with Gasteiger partial charge in [0.05, 0.1) is 10.8 Å². The number of rotatable bonds is 5. The van der Waals surface area contributed by atoms with Gasteiger partial charge in [0.2, 0.25) is 12.7 Å². The lowest BCUT2D eigenvalue weighted by molar-refractivity contribution is -0.118. The van der Waals surface area contributed by atoms with Crippen molar-refractivity contribution in [3.63, 3.8) is 0 Å². The van der Waals surface area contributed by atoms with Crippen molar-refractivity contribution in [2.75, 3.05) is 12.5 Å². The highest BCUT2D eigenvalue weighted by Gasteiger charge is 2.13. The molecule has 0 saturated heterocycles. The van der Waals surface area contributed by atoms with E-state index in [2.05, 4.69) is 5.32 Å². The van der Waals surface area contributed by atoms with E-state index < -0.39 is 0 Å². The molecule has 1 amide bonds. The third-order valence-electron chi connectivity index (χ3n) is 3.12. The van der Waals surface area contributed by atoms with Gasteiger partial charge in [0.15, 0.2) is 11.5 Å². The molecule has 3 rings (SSSR count). The summed E-state index contributed by atoms with van der Waals surface area (Å²) in [4.78, 5) is 12.8. The van der Waals surface area contributed by atoms with E-state index in [1.807, 2.05) is 42.5 Å². The highest BCUT2D eigenvalue weighted by Crippen LogP contribution is 2.32. The first-order chi connectivity index (χ1) is 10.7. The normalized spacial score (nSPS) is 12.2. The summed E-state index contributed by atoms with van der Waals surface area (Å²) in [5.41, 5.74) is 0.973. The molecule has 0 aromatic heterocycles. The molecule has 6 heteroatoms. The van der Waals surface area contributed by atoms with Crippen molar-refractivity contribution >= 4 is 29.3 Å². The minimum atomic E-state index is -0.0393. The summed E-state index contributed by atoms with van der Waals surface area (Å²) < 4.78 is 10.6. The number of carbonyl (C=O) groups excluding carboxylic acids is 1. The molecule has 0 spiro atoms. The van der Waals surface area contributed by atoms with Crippen molar-refractivity contribution < 1.29 is 14.3 Å². The predicted molar refractivity (Wildman–Crippen MR) is 86.6 cm³/mol. The number of fused-ring (bicyclic) bond motifs is 1. The summed E-state index contributed by atoms with van der Waals surface area (Å²) in [6.45, 7) is 0.707. The number of carbonyl (C=O) groups is 1. The fourth-order valence-corrected chi connectivity index (χ4v) is 3.08. The maximum atomic E-state index is 11.9. The highest BCUT2D eigenvalue weighted by atomic mass is 35.5. The Labute approximate surface area is 137 Å². The Bertz CT molecular complexity index is 693. The maximum Gasteiger partial charge on any atom is 0.231 e. The Morgan fingerprint density at radius 2 is 2.00 bits per heavy atom. The van der Waals surface area contributed by atoms with E-state index in [-0.39, 0.29) is 12.7 Å². The fraction of sp³-hybridized carbons (Fsp3) is 0.188. The van der Waals surface area contributed by atoms with Crippen LogP contribution >= 0.6 is 23.4 Å². The standard InChI is InChI=1S/C16H14ClNO3S/c17-12-3-1-2-4-15(12)22-9-16(19)18-8-11-5-6-13-14(7-11)21-10-20-13/h1-7H,8-10H2,(H,18,19). The van der Waals surface area contributed by atoms with Gasteiger partial charge < -0.3 is 14.8 Å². The summed E-state index contributed by atoms with van der Waals surface area (Å²) in [7, 11) is 0. The van der Waals surface area contributed by atoms with Crippen molar-refractivity contribution in [2.24, 2.45) is 0 Å². The van der Waals surface area contributed by atoms with Crippen LogP contribution in [0.4, 0.5) is 0 Å². The van der Waals surface area contributed by atoms with Gasteiger partial charge in [-0.25, -0.2) is 0 Å². The number of amides is 1. The second-order valence-corrected chi connectivity index (χ2v) is 6.11. The molecule has 0 saturated carbocycles. The average Bonchev–Trinajstić information content (AvgIpc) is 2.99. The van der Waals surface area contributed by atoms with Crippen molar-refractivity contribution in [3.05, 3.63) is 53.1 Å². The number of thioether (sulfide) groups is 1. The third kappa shape index (κ3) is 3.67. The summed E-state index contributed by atoms with van der Waals surface area (Å²) in [6.07, 6.45) is 0. The molecular weight excluding hydrogens is 322 g/mol. The molecule has 22 heavy (non-hydrogen) atoms. The van der Waals surface area contributed by atoms with Gasteiger partial charge in [-0.1, -0.05) is 29.8 Å². The van der Waals surface area contributed by atoms with Crippen molar-refractivity contribution in [1.82, 2.24) is 5.32 Å². The van der Waals surface area contributed by atoms with Crippen molar-refractivity contribution in [3.8, 4) is 11.5 Å². The number of halogens is 1.